The molecule has 0 aliphatic carbocycles. The number of fused-ring (bicyclic) bond motifs is 8. The topological polar surface area (TPSA) is 29.3 Å². The number of thiazole rings is 1. The van der Waals surface area contributed by atoms with Gasteiger partial charge in [0.1, 0.15) is 16.2 Å². The average molecular weight is 727 g/mol. The first kappa shape index (κ1) is 31.0. The highest BCUT2D eigenvalue weighted by atomic mass is 32.1. The van der Waals surface area contributed by atoms with E-state index in [0.29, 0.717) is 0 Å². The molecule has 0 saturated carbocycles. The van der Waals surface area contributed by atoms with Crippen LogP contribution in [0, 0.1) is 0 Å². The Morgan fingerprint density at radius 2 is 0.963 bits per heavy atom. The number of para-hydroxylation sites is 1. The van der Waals surface area contributed by atoms with Gasteiger partial charge in [-0.3, -0.25) is 0 Å². The van der Waals surface area contributed by atoms with Crippen LogP contribution in [0.4, 0.5) is 17.1 Å². The van der Waals surface area contributed by atoms with Gasteiger partial charge in [-0.25, -0.2) is 4.98 Å². The first-order valence-electron chi connectivity index (χ1n) is 18.0. The van der Waals surface area contributed by atoms with Crippen LogP contribution in [0.1, 0.15) is 0 Å². The molecule has 11 aromatic rings. The molecular formula is C49H30N2OS2. The lowest BCUT2D eigenvalue weighted by atomic mass is 10.0. The van der Waals surface area contributed by atoms with Gasteiger partial charge in [0.15, 0.2) is 0 Å². The fraction of sp³-hybridized carbons (Fsp3) is 0. The lowest BCUT2D eigenvalue weighted by Gasteiger charge is -2.26. The maximum atomic E-state index is 6.35. The van der Waals surface area contributed by atoms with Crippen LogP contribution in [0.5, 0.6) is 0 Å². The zero-order valence-electron chi connectivity index (χ0n) is 28.9. The molecule has 11 rings (SSSR count). The summed E-state index contributed by atoms with van der Waals surface area (Å²) in [5.41, 5.74) is 11.9. The quantitative estimate of drug-likeness (QED) is 0.171. The summed E-state index contributed by atoms with van der Waals surface area (Å²) in [6, 6.07) is 64.9. The zero-order valence-corrected chi connectivity index (χ0v) is 30.6. The Bertz CT molecular complexity index is 3140. The highest BCUT2D eigenvalue weighted by Gasteiger charge is 2.18. The largest absolute Gasteiger partial charge is 0.456 e. The van der Waals surface area contributed by atoms with Gasteiger partial charge in [0.2, 0.25) is 0 Å². The molecule has 0 atom stereocenters. The Kier molecular flexibility index (Phi) is 7.22. The summed E-state index contributed by atoms with van der Waals surface area (Å²) in [7, 11) is 0. The highest BCUT2D eigenvalue weighted by molar-refractivity contribution is 7.26. The van der Waals surface area contributed by atoms with Crippen molar-refractivity contribution in [3.05, 3.63) is 182 Å². The molecule has 0 unspecified atom stereocenters. The minimum Gasteiger partial charge on any atom is -0.456 e. The summed E-state index contributed by atoms with van der Waals surface area (Å²) in [6.45, 7) is 0. The third-order valence-corrected chi connectivity index (χ3v) is 12.5. The molecule has 254 valence electrons. The zero-order chi connectivity index (χ0) is 35.6. The van der Waals surface area contributed by atoms with E-state index in [9.17, 15) is 0 Å². The molecule has 0 fully saturated rings. The predicted octanol–water partition coefficient (Wildman–Crippen LogP) is 15.0. The molecule has 8 aromatic carbocycles. The fourth-order valence-electron chi connectivity index (χ4n) is 7.67. The van der Waals surface area contributed by atoms with Crippen molar-refractivity contribution >= 4 is 92.1 Å². The second-order valence-electron chi connectivity index (χ2n) is 13.6. The summed E-state index contributed by atoms with van der Waals surface area (Å²) >= 11 is 3.60. The summed E-state index contributed by atoms with van der Waals surface area (Å²) in [4.78, 5) is 7.50. The molecule has 0 radical (unpaired) electrons. The molecule has 3 nitrogen and oxygen atoms in total. The SMILES string of the molecule is c1ccc(-c2ccc(N(c3ccc(-c4ccc5sc6ccc7sc(-c8ccccc8)nc7c6c5c4)cc3)c3ccc4c(c3)oc3ccccc34)cc2)cc1. The van der Waals surface area contributed by atoms with Gasteiger partial charge < -0.3 is 9.32 Å². The van der Waals surface area contributed by atoms with E-state index < -0.39 is 0 Å². The first-order valence-corrected chi connectivity index (χ1v) is 19.7. The van der Waals surface area contributed by atoms with E-state index in [2.05, 4.69) is 175 Å². The van der Waals surface area contributed by atoms with E-state index in [0.717, 1.165) is 55.1 Å². The molecule has 5 heteroatoms. The van der Waals surface area contributed by atoms with E-state index in [1.165, 1.54) is 47.1 Å². The first-order chi connectivity index (χ1) is 26.7. The minimum absolute atomic E-state index is 0.873. The molecule has 0 N–H and O–H groups in total. The molecule has 3 aromatic heterocycles. The predicted molar refractivity (Wildman–Crippen MR) is 231 cm³/mol. The van der Waals surface area contributed by atoms with Crippen molar-refractivity contribution in [3.63, 3.8) is 0 Å². The van der Waals surface area contributed by atoms with Crippen LogP contribution in [0.15, 0.2) is 186 Å². The van der Waals surface area contributed by atoms with Gasteiger partial charge >= 0.3 is 0 Å². The molecule has 0 aliphatic heterocycles. The van der Waals surface area contributed by atoms with Crippen LogP contribution >= 0.6 is 22.7 Å². The maximum absolute atomic E-state index is 6.35. The van der Waals surface area contributed by atoms with Crippen LogP contribution in [-0.2, 0) is 0 Å². The molecule has 3 heterocycles. The van der Waals surface area contributed by atoms with E-state index >= 15 is 0 Å². The monoisotopic (exact) mass is 726 g/mol. The fourth-order valence-corrected chi connectivity index (χ4v) is 9.74. The van der Waals surface area contributed by atoms with Crippen LogP contribution in [-0.4, -0.2) is 4.98 Å². The van der Waals surface area contributed by atoms with Gasteiger partial charge in [-0.1, -0.05) is 109 Å². The van der Waals surface area contributed by atoms with Crippen LogP contribution < -0.4 is 4.90 Å². The number of furan rings is 1. The van der Waals surface area contributed by atoms with Crippen molar-refractivity contribution in [3.8, 4) is 32.8 Å². The van der Waals surface area contributed by atoms with Crippen molar-refractivity contribution in [1.29, 1.82) is 0 Å². The Balaban J connectivity index is 1.00. The number of rotatable bonds is 6. The second-order valence-corrected chi connectivity index (χ2v) is 15.7. The Morgan fingerprint density at radius 1 is 0.389 bits per heavy atom. The Hall–Kier alpha value is -6.53. The summed E-state index contributed by atoms with van der Waals surface area (Å²) in [5.74, 6) is 0. The number of anilines is 3. The molecule has 0 saturated heterocycles. The summed E-state index contributed by atoms with van der Waals surface area (Å²) < 4.78 is 10.1. The van der Waals surface area contributed by atoms with Crippen molar-refractivity contribution in [2.45, 2.75) is 0 Å². The molecule has 0 amide bonds. The standard InChI is InChI=1S/C49H30N2OS2/c1-3-9-31(10-4-1)32-15-20-36(21-16-32)51(38-24-25-40-39-13-7-8-14-42(39)52-43(40)30-38)37-22-17-33(18-23-37)35-19-26-44-41(29-35)47-45(53-44)27-28-46-48(47)50-49(54-46)34-11-5-2-6-12-34/h1-30H. The van der Waals surface area contributed by atoms with Gasteiger partial charge in [-0.05, 0) is 89.0 Å². The molecule has 54 heavy (non-hydrogen) atoms. The van der Waals surface area contributed by atoms with Crippen molar-refractivity contribution in [1.82, 2.24) is 4.98 Å². The van der Waals surface area contributed by atoms with E-state index in [4.69, 9.17) is 9.40 Å². The van der Waals surface area contributed by atoms with E-state index in [1.807, 2.05) is 23.5 Å². The van der Waals surface area contributed by atoms with Crippen LogP contribution in [0.2, 0.25) is 0 Å². The van der Waals surface area contributed by atoms with Gasteiger partial charge in [0, 0.05) is 59.6 Å². The summed E-state index contributed by atoms with van der Waals surface area (Å²) in [5, 5.41) is 5.81. The lowest BCUT2D eigenvalue weighted by Crippen LogP contribution is -2.09. The maximum Gasteiger partial charge on any atom is 0.137 e. The van der Waals surface area contributed by atoms with E-state index in [-0.39, 0.29) is 0 Å². The van der Waals surface area contributed by atoms with Crippen LogP contribution in [0.25, 0.3) is 85.2 Å². The number of thiophene rings is 1. The van der Waals surface area contributed by atoms with Gasteiger partial charge in [0.25, 0.3) is 0 Å². The third kappa shape index (κ3) is 5.20. The van der Waals surface area contributed by atoms with E-state index in [1.54, 1.807) is 11.3 Å². The van der Waals surface area contributed by atoms with Crippen LogP contribution in [0.3, 0.4) is 0 Å². The lowest BCUT2D eigenvalue weighted by molar-refractivity contribution is 0.669. The molecule has 0 spiro atoms. The number of benzene rings is 8. The Labute approximate surface area is 319 Å². The van der Waals surface area contributed by atoms with Crippen molar-refractivity contribution < 1.29 is 4.42 Å². The number of hydrogen-bond acceptors (Lipinski definition) is 5. The second kappa shape index (κ2) is 12.6. The molecular weight excluding hydrogens is 697 g/mol. The average Bonchev–Trinajstić information content (AvgIpc) is 3.95. The van der Waals surface area contributed by atoms with Gasteiger partial charge in [-0.15, -0.1) is 22.7 Å². The van der Waals surface area contributed by atoms with Crippen molar-refractivity contribution in [2.24, 2.45) is 0 Å². The van der Waals surface area contributed by atoms with Gasteiger partial charge in [0.05, 0.1) is 10.2 Å². The van der Waals surface area contributed by atoms with Crippen molar-refractivity contribution in [2.75, 3.05) is 4.90 Å². The third-order valence-electron chi connectivity index (χ3n) is 10.3. The summed E-state index contributed by atoms with van der Waals surface area (Å²) in [6.07, 6.45) is 0. The molecule has 0 bridgehead atoms. The highest BCUT2D eigenvalue weighted by Crippen LogP contribution is 2.44. The Morgan fingerprint density at radius 3 is 1.72 bits per heavy atom. The smallest absolute Gasteiger partial charge is 0.137 e. The normalized spacial score (nSPS) is 11.7. The minimum atomic E-state index is 0.873. The number of nitrogens with zero attached hydrogens (tertiary/aromatic N) is 2. The number of aromatic nitrogens is 1. The van der Waals surface area contributed by atoms with Gasteiger partial charge in [-0.2, -0.15) is 0 Å². The molecule has 0 aliphatic rings. The number of hydrogen-bond donors (Lipinski definition) is 0.